The van der Waals surface area contributed by atoms with Crippen molar-refractivity contribution in [2.45, 2.75) is 58.0 Å². The van der Waals surface area contributed by atoms with Crippen molar-refractivity contribution in [3.63, 3.8) is 0 Å². The number of nitrogens with one attached hydrogen (secondary N) is 2. The quantitative estimate of drug-likeness (QED) is 0.498. The van der Waals surface area contributed by atoms with E-state index in [0.717, 1.165) is 28.7 Å². The fraction of sp³-hybridized carbons (Fsp3) is 0.423. The highest BCUT2D eigenvalue weighted by Gasteiger charge is 2.31. The van der Waals surface area contributed by atoms with Crippen LogP contribution in [-0.2, 0) is 14.3 Å². The van der Waals surface area contributed by atoms with Crippen LogP contribution in [0, 0.1) is 5.92 Å². The molecule has 0 bridgehead atoms. The number of carboxylic acid groups (broad SMARTS) is 1. The topological polar surface area (TPSA) is 105 Å². The largest absolute Gasteiger partial charge is 0.480 e. The Balaban J connectivity index is 1.68. The Bertz CT molecular complexity index is 960. The smallest absolute Gasteiger partial charge is 0.407 e. The minimum atomic E-state index is -1.10. The van der Waals surface area contributed by atoms with E-state index in [0.29, 0.717) is 6.42 Å². The first-order chi connectivity index (χ1) is 15.8. The average Bonchev–Trinajstić information content (AvgIpc) is 3.14. The molecule has 0 radical (unpaired) electrons. The number of carbonyl (C=O) groups excluding carboxylic acids is 2. The van der Waals surface area contributed by atoms with E-state index in [2.05, 4.69) is 22.8 Å². The fourth-order valence-corrected chi connectivity index (χ4v) is 4.19. The van der Waals surface area contributed by atoms with Crippen LogP contribution in [0.3, 0.4) is 0 Å². The molecule has 2 amide bonds. The number of rotatable bonds is 10. The summed E-state index contributed by atoms with van der Waals surface area (Å²) in [6, 6.07) is 14.3. The van der Waals surface area contributed by atoms with Crippen molar-refractivity contribution in [3.8, 4) is 11.1 Å². The molecule has 7 nitrogen and oxygen atoms in total. The monoisotopic (exact) mass is 452 g/mol. The molecule has 3 atom stereocenters. The minimum Gasteiger partial charge on any atom is -0.480 e. The third-order valence-electron chi connectivity index (χ3n) is 6.31. The summed E-state index contributed by atoms with van der Waals surface area (Å²) >= 11 is 0. The first kappa shape index (κ1) is 24.3. The number of carbonyl (C=O) groups is 3. The SMILES string of the molecule is CCC(C)CC(NC(=O)OCC1c2ccccc2-c2ccccc21)C(=O)NC(CC)C(=O)O. The summed E-state index contributed by atoms with van der Waals surface area (Å²) in [7, 11) is 0. The zero-order valence-electron chi connectivity index (χ0n) is 19.3. The van der Waals surface area contributed by atoms with Crippen LogP contribution in [0.1, 0.15) is 57.1 Å². The third kappa shape index (κ3) is 5.72. The zero-order valence-corrected chi connectivity index (χ0v) is 19.3. The summed E-state index contributed by atoms with van der Waals surface area (Å²) in [5, 5.41) is 14.4. The molecule has 0 aliphatic heterocycles. The van der Waals surface area contributed by atoms with Crippen molar-refractivity contribution in [2.75, 3.05) is 6.61 Å². The molecule has 0 aromatic heterocycles. The molecule has 3 rings (SSSR count). The highest BCUT2D eigenvalue weighted by Crippen LogP contribution is 2.44. The molecule has 3 unspecified atom stereocenters. The van der Waals surface area contributed by atoms with Gasteiger partial charge in [-0.25, -0.2) is 9.59 Å². The predicted octanol–water partition coefficient (Wildman–Crippen LogP) is 4.31. The van der Waals surface area contributed by atoms with Crippen LogP contribution in [0.4, 0.5) is 4.79 Å². The van der Waals surface area contributed by atoms with E-state index in [1.165, 1.54) is 0 Å². The van der Waals surface area contributed by atoms with Gasteiger partial charge in [0.25, 0.3) is 0 Å². The summed E-state index contributed by atoms with van der Waals surface area (Å²) in [5.41, 5.74) is 4.48. The molecule has 1 aliphatic carbocycles. The molecular weight excluding hydrogens is 420 g/mol. The lowest BCUT2D eigenvalue weighted by molar-refractivity contribution is -0.142. The number of alkyl carbamates (subject to hydrolysis) is 1. The normalized spacial score (nSPS) is 15.0. The van der Waals surface area contributed by atoms with E-state index in [9.17, 15) is 19.5 Å². The molecule has 2 aromatic carbocycles. The highest BCUT2D eigenvalue weighted by atomic mass is 16.5. The Morgan fingerprint density at radius 3 is 2.00 bits per heavy atom. The van der Waals surface area contributed by atoms with Crippen LogP contribution < -0.4 is 10.6 Å². The number of amides is 2. The van der Waals surface area contributed by atoms with Gasteiger partial charge in [-0.2, -0.15) is 0 Å². The van der Waals surface area contributed by atoms with Gasteiger partial charge in [0, 0.05) is 5.92 Å². The molecule has 176 valence electrons. The average molecular weight is 453 g/mol. The maximum atomic E-state index is 12.7. The van der Waals surface area contributed by atoms with Crippen LogP contribution in [0.15, 0.2) is 48.5 Å². The van der Waals surface area contributed by atoms with Crippen molar-refractivity contribution in [2.24, 2.45) is 5.92 Å². The Hall–Kier alpha value is -3.35. The van der Waals surface area contributed by atoms with E-state index in [4.69, 9.17) is 4.74 Å². The van der Waals surface area contributed by atoms with Crippen LogP contribution in [0.5, 0.6) is 0 Å². The molecule has 2 aromatic rings. The van der Waals surface area contributed by atoms with Gasteiger partial charge in [-0.15, -0.1) is 0 Å². The number of fused-ring (bicyclic) bond motifs is 3. The second-order valence-corrected chi connectivity index (χ2v) is 8.58. The Morgan fingerprint density at radius 1 is 0.909 bits per heavy atom. The van der Waals surface area contributed by atoms with E-state index >= 15 is 0 Å². The fourth-order valence-electron chi connectivity index (χ4n) is 4.19. The summed E-state index contributed by atoms with van der Waals surface area (Å²) in [5.74, 6) is -1.53. The number of aliphatic carboxylic acids is 1. The molecule has 0 spiro atoms. The second kappa shape index (κ2) is 11.0. The lowest BCUT2D eigenvalue weighted by Gasteiger charge is -2.23. The minimum absolute atomic E-state index is 0.0820. The molecule has 0 saturated heterocycles. The van der Waals surface area contributed by atoms with Gasteiger partial charge >= 0.3 is 12.1 Å². The van der Waals surface area contributed by atoms with Crippen LogP contribution in [-0.4, -0.2) is 41.8 Å². The summed E-state index contributed by atoms with van der Waals surface area (Å²) in [6.07, 6.45) is 0.778. The van der Waals surface area contributed by atoms with Gasteiger partial charge in [-0.05, 0) is 41.0 Å². The lowest BCUT2D eigenvalue weighted by atomic mass is 9.98. The van der Waals surface area contributed by atoms with E-state index in [1.54, 1.807) is 6.92 Å². The number of carboxylic acids is 1. The van der Waals surface area contributed by atoms with Gasteiger partial charge in [-0.3, -0.25) is 4.79 Å². The molecule has 7 heteroatoms. The Kier molecular flexibility index (Phi) is 8.09. The van der Waals surface area contributed by atoms with E-state index < -0.39 is 30.1 Å². The molecule has 3 N–H and O–H groups in total. The van der Waals surface area contributed by atoms with E-state index in [-0.39, 0.29) is 24.9 Å². The van der Waals surface area contributed by atoms with Gasteiger partial charge in [0.15, 0.2) is 0 Å². The number of hydrogen-bond acceptors (Lipinski definition) is 4. The van der Waals surface area contributed by atoms with Gasteiger partial charge < -0.3 is 20.5 Å². The van der Waals surface area contributed by atoms with Crippen LogP contribution in [0.2, 0.25) is 0 Å². The molecule has 0 heterocycles. The maximum absolute atomic E-state index is 12.7. The highest BCUT2D eigenvalue weighted by molar-refractivity contribution is 5.89. The first-order valence-corrected chi connectivity index (χ1v) is 11.5. The maximum Gasteiger partial charge on any atom is 0.407 e. The lowest BCUT2D eigenvalue weighted by Crippen LogP contribution is -2.52. The van der Waals surface area contributed by atoms with Gasteiger partial charge in [0.05, 0.1) is 0 Å². The van der Waals surface area contributed by atoms with E-state index in [1.807, 2.05) is 50.2 Å². The summed E-state index contributed by atoms with van der Waals surface area (Å²) in [6.45, 7) is 5.80. The van der Waals surface area contributed by atoms with Crippen LogP contribution >= 0.6 is 0 Å². The first-order valence-electron chi connectivity index (χ1n) is 11.5. The summed E-state index contributed by atoms with van der Waals surface area (Å²) < 4.78 is 5.57. The number of benzene rings is 2. The Labute approximate surface area is 194 Å². The zero-order chi connectivity index (χ0) is 24.0. The number of hydrogen-bond donors (Lipinski definition) is 3. The Morgan fingerprint density at radius 2 is 1.48 bits per heavy atom. The molecule has 33 heavy (non-hydrogen) atoms. The molecule has 1 aliphatic rings. The van der Waals surface area contributed by atoms with Crippen molar-refractivity contribution in [3.05, 3.63) is 59.7 Å². The van der Waals surface area contributed by atoms with Crippen molar-refractivity contribution in [1.82, 2.24) is 10.6 Å². The molecule has 0 fully saturated rings. The van der Waals surface area contributed by atoms with Gasteiger partial charge in [0.1, 0.15) is 18.7 Å². The summed E-state index contributed by atoms with van der Waals surface area (Å²) in [4.78, 5) is 36.7. The van der Waals surface area contributed by atoms with Gasteiger partial charge in [-0.1, -0.05) is 75.7 Å². The molecular formula is C26H32N2O5. The number of ether oxygens (including phenoxy) is 1. The molecule has 0 saturated carbocycles. The van der Waals surface area contributed by atoms with Crippen molar-refractivity contribution >= 4 is 18.0 Å². The van der Waals surface area contributed by atoms with Crippen LogP contribution in [0.25, 0.3) is 11.1 Å². The van der Waals surface area contributed by atoms with Crippen molar-refractivity contribution in [1.29, 1.82) is 0 Å². The second-order valence-electron chi connectivity index (χ2n) is 8.58. The standard InChI is InChI=1S/C26H32N2O5/c1-4-16(3)14-23(24(29)27-22(5-2)25(30)31)28-26(32)33-15-21-19-12-8-6-10-17(19)18-11-7-9-13-20(18)21/h6-13,16,21-23H,4-5,14-15H2,1-3H3,(H,27,29)(H,28,32)(H,30,31). The van der Waals surface area contributed by atoms with Gasteiger partial charge in [0.2, 0.25) is 5.91 Å². The predicted molar refractivity (Wildman–Crippen MR) is 126 cm³/mol. The van der Waals surface area contributed by atoms with Crippen molar-refractivity contribution < 1.29 is 24.2 Å². The third-order valence-corrected chi connectivity index (χ3v) is 6.31.